The van der Waals surface area contributed by atoms with Gasteiger partial charge < -0.3 is 20.1 Å². The highest BCUT2D eigenvalue weighted by Gasteiger charge is 2.16. The smallest absolute Gasteiger partial charge is 0.251 e. The quantitative estimate of drug-likeness (QED) is 0.856. The molecule has 1 heterocycles. The Morgan fingerprint density at radius 3 is 2.81 bits per heavy atom. The fourth-order valence-corrected chi connectivity index (χ4v) is 2.21. The first-order chi connectivity index (χ1) is 10.1. The van der Waals surface area contributed by atoms with Gasteiger partial charge in [0.2, 0.25) is 0 Å². The molecule has 1 saturated heterocycles. The molecular weight excluding hydrogens is 275 g/mol. The molecule has 1 aromatic carbocycles. The number of aliphatic hydroxyl groups excluding tert-OH is 1. The summed E-state index contributed by atoms with van der Waals surface area (Å²) in [6.45, 7) is 4.49. The molecule has 0 aliphatic carbocycles. The normalized spacial score (nSPS) is 16.6. The molecule has 2 rings (SSSR count). The summed E-state index contributed by atoms with van der Waals surface area (Å²) in [4.78, 5) is 13.8. The fourth-order valence-electron chi connectivity index (χ4n) is 2.21. The Balaban J connectivity index is 1.99. The van der Waals surface area contributed by atoms with Crippen molar-refractivity contribution in [3.8, 4) is 0 Å². The Morgan fingerprint density at radius 2 is 2.19 bits per heavy atom. The van der Waals surface area contributed by atoms with E-state index >= 15 is 0 Å². The Labute approximate surface area is 123 Å². The van der Waals surface area contributed by atoms with Gasteiger partial charge in [-0.1, -0.05) is 0 Å². The minimum atomic E-state index is -0.467. The molecule has 0 aromatic heterocycles. The maximum absolute atomic E-state index is 14.1. The number of hydrogen-bond donors (Lipinski definition) is 2. The molecule has 1 aromatic rings. The minimum absolute atomic E-state index is 0.287. The second-order valence-electron chi connectivity index (χ2n) is 5.16. The number of carbonyl (C=O) groups excluding carboxylic acids is 1. The lowest BCUT2D eigenvalue weighted by molar-refractivity contribution is 0.0945. The first-order valence-electron chi connectivity index (χ1n) is 7.16. The molecule has 0 saturated carbocycles. The molecule has 116 valence electrons. The second-order valence-corrected chi connectivity index (χ2v) is 5.16. The third-order valence-corrected chi connectivity index (χ3v) is 3.41. The van der Waals surface area contributed by atoms with Gasteiger partial charge in [0, 0.05) is 25.2 Å². The van der Waals surface area contributed by atoms with Crippen LogP contribution >= 0.6 is 0 Å². The Morgan fingerprint density at radius 1 is 1.48 bits per heavy atom. The SMILES string of the molecule is CC(O)CCNC(=O)c1ccc(N2CCOCC2)c(F)c1. The van der Waals surface area contributed by atoms with Crippen molar-refractivity contribution in [3.63, 3.8) is 0 Å². The van der Waals surface area contributed by atoms with Crippen LogP contribution in [0.3, 0.4) is 0 Å². The number of nitrogens with zero attached hydrogens (tertiary/aromatic N) is 1. The summed E-state index contributed by atoms with van der Waals surface area (Å²) in [5.41, 5.74) is 0.786. The highest BCUT2D eigenvalue weighted by molar-refractivity contribution is 5.94. The topological polar surface area (TPSA) is 61.8 Å². The summed E-state index contributed by atoms with van der Waals surface area (Å²) in [5, 5.41) is 11.8. The number of carbonyl (C=O) groups is 1. The van der Waals surface area contributed by atoms with Gasteiger partial charge in [-0.15, -0.1) is 0 Å². The predicted octanol–water partition coefficient (Wildman–Crippen LogP) is 1.16. The van der Waals surface area contributed by atoms with Crippen LogP contribution in [-0.2, 0) is 4.74 Å². The van der Waals surface area contributed by atoms with Crippen molar-refractivity contribution in [2.75, 3.05) is 37.7 Å². The maximum Gasteiger partial charge on any atom is 0.251 e. The van der Waals surface area contributed by atoms with Crippen molar-refractivity contribution >= 4 is 11.6 Å². The zero-order chi connectivity index (χ0) is 15.2. The van der Waals surface area contributed by atoms with Crippen LogP contribution in [0.2, 0.25) is 0 Å². The van der Waals surface area contributed by atoms with Crippen molar-refractivity contribution in [2.24, 2.45) is 0 Å². The van der Waals surface area contributed by atoms with E-state index < -0.39 is 11.9 Å². The third-order valence-electron chi connectivity index (χ3n) is 3.41. The Bertz CT molecular complexity index is 488. The lowest BCUT2D eigenvalue weighted by atomic mass is 10.1. The van der Waals surface area contributed by atoms with Crippen LogP contribution in [0.1, 0.15) is 23.7 Å². The molecule has 1 amide bonds. The number of benzene rings is 1. The average Bonchev–Trinajstić information content (AvgIpc) is 2.47. The molecule has 0 radical (unpaired) electrons. The number of hydrogen-bond acceptors (Lipinski definition) is 4. The van der Waals surface area contributed by atoms with E-state index in [1.165, 1.54) is 6.07 Å². The van der Waals surface area contributed by atoms with Crippen LogP contribution in [0, 0.1) is 5.82 Å². The second kappa shape index (κ2) is 7.38. The van der Waals surface area contributed by atoms with Gasteiger partial charge in [0.05, 0.1) is 25.0 Å². The van der Waals surface area contributed by atoms with Gasteiger partial charge in [0.15, 0.2) is 0 Å². The first-order valence-corrected chi connectivity index (χ1v) is 7.16. The molecule has 1 fully saturated rings. The Hall–Kier alpha value is -1.66. The predicted molar refractivity (Wildman–Crippen MR) is 78.1 cm³/mol. The molecule has 21 heavy (non-hydrogen) atoms. The van der Waals surface area contributed by atoms with E-state index in [2.05, 4.69) is 5.32 Å². The number of morpholine rings is 1. The zero-order valence-electron chi connectivity index (χ0n) is 12.1. The van der Waals surface area contributed by atoms with Crippen LogP contribution in [0.5, 0.6) is 0 Å². The number of ether oxygens (including phenoxy) is 1. The molecule has 5 nitrogen and oxygen atoms in total. The molecular formula is C15H21FN2O3. The highest BCUT2D eigenvalue weighted by atomic mass is 19.1. The third kappa shape index (κ3) is 4.41. The van der Waals surface area contributed by atoms with Crippen molar-refractivity contribution in [2.45, 2.75) is 19.4 Å². The molecule has 6 heteroatoms. The summed E-state index contributed by atoms with van der Waals surface area (Å²) in [6.07, 6.45) is 0.00539. The van der Waals surface area contributed by atoms with Crippen molar-refractivity contribution < 1.29 is 19.0 Å². The number of aliphatic hydroxyl groups is 1. The van der Waals surface area contributed by atoms with E-state index in [4.69, 9.17) is 9.84 Å². The first kappa shape index (κ1) is 15.7. The summed E-state index contributed by atoms with van der Waals surface area (Å²) in [6, 6.07) is 4.50. The monoisotopic (exact) mass is 296 g/mol. The molecule has 1 aliphatic heterocycles. The van der Waals surface area contributed by atoms with Gasteiger partial charge in [-0.25, -0.2) is 4.39 Å². The lowest BCUT2D eigenvalue weighted by Crippen LogP contribution is -2.36. The maximum atomic E-state index is 14.1. The van der Waals surface area contributed by atoms with E-state index in [1.807, 2.05) is 4.90 Å². The van der Waals surface area contributed by atoms with Gasteiger partial charge in [-0.2, -0.15) is 0 Å². The van der Waals surface area contributed by atoms with Crippen LogP contribution in [0.25, 0.3) is 0 Å². The average molecular weight is 296 g/mol. The van der Waals surface area contributed by atoms with Gasteiger partial charge in [0.1, 0.15) is 5.82 Å². The van der Waals surface area contributed by atoms with E-state index in [-0.39, 0.29) is 11.5 Å². The van der Waals surface area contributed by atoms with Gasteiger partial charge in [-0.3, -0.25) is 4.79 Å². The number of amides is 1. The van der Waals surface area contributed by atoms with Crippen molar-refractivity contribution in [3.05, 3.63) is 29.6 Å². The zero-order valence-corrected chi connectivity index (χ0v) is 12.1. The van der Waals surface area contributed by atoms with Crippen molar-refractivity contribution in [1.29, 1.82) is 0 Å². The molecule has 0 bridgehead atoms. The highest BCUT2D eigenvalue weighted by Crippen LogP contribution is 2.21. The number of anilines is 1. The van der Waals surface area contributed by atoms with Crippen LogP contribution in [-0.4, -0.2) is 50.0 Å². The number of rotatable bonds is 5. The number of halogens is 1. The van der Waals surface area contributed by atoms with E-state index in [0.717, 1.165) is 0 Å². The minimum Gasteiger partial charge on any atom is -0.393 e. The van der Waals surface area contributed by atoms with E-state index in [9.17, 15) is 9.18 Å². The van der Waals surface area contributed by atoms with Crippen LogP contribution < -0.4 is 10.2 Å². The molecule has 1 atom stereocenters. The number of nitrogens with one attached hydrogen (secondary N) is 1. The summed E-state index contributed by atoms with van der Waals surface area (Å²) in [7, 11) is 0. The van der Waals surface area contributed by atoms with E-state index in [1.54, 1.807) is 19.1 Å². The van der Waals surface area contributed by atoms with Gasteiger partial charge in [0.25, 0.3) is 5.91 Å². The summed E-state index contributed by atoms with van der Waals surface area (Å²) < 4.78 is 19.4. The molecule has 0 spiro atoms. The fraction of sp³-hybridized carbons (Fsp3) is 0.533. The van der Waals surface area contributed by atoms with Gasteiger partial charge >= 0.3 is 0 Å². The standard InChI is InChI=1S/C15H21FN2O3/c1-11(19)4-5-17-15(20)12-2-3-14(13(16)10-12)18-6-8-21-9-7-18/h2-3,10-11,19H,4-9H2,1H3,(H,17,20). The van der Waals surface area contributed by atoms with Crippen LogP contribution in [0.4, 0.5) is 10.1 Å². The molecule has 1 aliphatic rings. The summed E-state index contributed by atoms with van der Waals surface area (Å²) >= 11 is 0. The molecule has 2 N–H and O–H groups in total. The van der Waals surface area contributed by atoms with Gasteiger partial charge in [-0.05, 0) is 31.5 Å². The molecule has 1 unspecified atom stereocenters. The summed E-state index contributed by atoms with van der Waals surface area (Å²) in [5.74, 6) is -0.733. The van der Waals surface area contributed by atoms with Crippen molar-refractivity contribution in [1.82, 2.24) is 5.32 Å². The Kier molecular flexibility index (Phi) is 5.52. The van der Waals surface area contributed by atoms with E-state index in [0.29, 0.717) is 45.0 Å². The van der Waals surface area contributed by atoms with Crippen LogP contribution in [0.15, 0.2) is 18.2 Å². The largest absolute Gasteiger partial charge is 0.393 e. The lowest BCUT2D eigenvalue weighted by Gasteiger charge is -2.29.